The molecule has 11 nitrogen and oxygen atoms in total. The third-order valence-corrected chi connectivity index (χ3v) is 6.41. The number of anilines is 2. The van der Waals surface area contributed by atoms with E-state index < -0.39 is 0 Å². The minimum atomic E-state index is -0.245. The number of hydrogen-bond acceptors (Lipinski definition) is 8. The van der Waals surface area contributed by atoms with Gasteiger partial charge >= 0.3 is 0 Å². The smallest absolute Gasteiger partial charge is 0.273 e. The van der Waals surface area contributed by atoms with Crippen LogP contribution in [0.15, 0.2) is 49.1 Å². The fourth-order valence-corrected chi connectivity index (χ4v) is 4.38. The second-order valence-electron chi connectivity index (χ2n) is 10.5. The van der Waals surface area contributed by atoms with Crippen LogP contribution in [-0.4, -0.2) is 65.7 Å². The molecule has 0 saturated carbocycles. The van der Waals surface area contributed by atoms with E-state index in [2.05, 4.69) is 61.2 Å². The fraction of sp³-hybridized carbons (Fsp3) is 0.385. The zero-order valence-electron chi connectivity index (χ0n) is 21.8. The number of benzene rings is 1. The van der Waals surface area contributed by atoms with Gasteiger partial charge in [-0.15, -0.1) is 5.10 Å². The second-order valence-corrected chi connectivity index (χ2v) is 10.5. The van der Waals surface area contributed by atoms with Gasteiger partial charge in [-0.2, -0.15) is 5.10 Å². The first-order valence-corrected chi connectivity index (χ1v) is 12.3. The van der Waals surface area contributed by atoms with Crippen molar-refractivity contribution in [2.75, 3.05) is 25.5 Å². The Bertz CT molecular complexity index is 1420. The van der Waals surface area contributed by atoms with Crippen LogP contribution in [-0.2, 0) is 19.0 Å². The third kappa shape index (κ3) is 5.51. The van der Waals surface area contributed by atoms with E-state index in [1.54, 1.807) is 28.0 Å². The summed E-state index contributed by atoms with van der Waals surface area (Å²) in [5, 5.41) is 18.8. The number of rotatable bonds is 5. The minimum absolute atomic E-state index is 0.169. The molecule has 0 spiro atoms. The van der Waals surface area contributed by atoms with Gasteiger partial charge in [-0.05, 0) is 57.5 Å². The minimum Gasteiger partial charge on any atom is -0.342 e. The number of aryl methyl sites for hydroxylation is 1. The molecule has 0 radical (unpaired) electrons. The molecule has 0 bridgehead atoms. The highest BCUT2D eigenvalue weighted by Gasteiger charge is 2.26. The molecule has 0 aliphatic carbocycles. The summed E-state index contributed by atoms with van der Waals surface area (Å²) in [4.78, 5) is 24.4. The van der Waals surface area contributed by atoms with Crippen molar-refractivity contribution in [1.29, 1.82) is 0 Å². The van der Waals surface area contributed by atoms with Gasteiger partial charge in [0.15, 0.2) is 5.69 Å². The SMILES string of the molecule is CN1CCc2cc(-c3ccnc(Nc4cnn(C)c4)n3)ccc2C(NC(=O)c2cn(C(C)(C)C)nn2)C1. The van der Waals surface area contributed by atoms with Crippen LogP contribution in [0.5, 0.6) is 0 Å². The molecular formula is C26H32N10O. The summed E-state index contributed by atoms with van der Waals surface area (Å²) >= 11 is 0. The molecule has 37 heavy (non-hydrogen) atoms. The van der Waals surface area contributed by atoms with E-state index in [4.69, 9.17) is 4.98 Å². The van der Waals surface area contributed by atoms with Crippen molar-refractivity contribution in [1.82, 2.24) is 45.0 Å². The van der Waals surface area contributed by atoms with Gasteiger partial charge < -0.3 is 15.5 Å². The number of fused-ring (bicyclic) bond motifs is 1. The Labute approximate surface area is 215 Å². The van der Waals surface area contributed by atoms with Crippen molar-refractivity contribution in [2.45, 2.75) is 38.8 Å². The molecule has 1 unspecified atom stereocenters. The van der Waals surface area contributed by atoms with E-state index in [0.717, 1.165) is 35.5 Å². The highest BCUT2D eigenvalue weighted by Crippen LogP contribution is 2.29. The molecule has 4 aromatic rings. The molecule has 2 N–H and O–H groups in total. The van der Waals surface area contributed by atoms with Crippen molar-refractivity contribution in [3.63, 3.8) is 0 Å². The lowest BCUT2D eigenvalue weighted by Crippen LogP contribution is -2.35. The Kier molecular flexibility index (Phi) is 6.46. The van der Waals surface area contributed by atoms with E-state index in [1.807, 2.05) is 40.1 Å². The molecule has 192 valence electrons. The molecule has 1 aliphatic rings. The van der Waals surface area contributed by atoms with Crippen molar-refractivity contribution in [3.05, 3.63) is 65.9 Å². The standard InChI is InChI=1S/C26H32N10O/c1-26(2,3)36-16-23(32-33-36)24(37)30-22-15-34(4)11-9-17-12-18(6-7-20(17)22)21-8-10-27-25(31-21)29-19-13-28-35(5)14-19/h6-8,10,12-14,16,22H,9,11,15H2,1-5H3,(H,30,37)(H,27,29,31). The van der Waals surface area contributed by atoms with Crippen LogP contribution in [0.2, 0.25) is 0 Å². The summed E-state index contributed by atoms with van der Waals surface area (Å²) < 4.78 is 3.43. The maximum Gasteiger partial charge on any atom is 0.273 e. The lowest BCUT2D eigenvalue weighted by molar-refractivity contribution is 0.0924. The van der Waals surface area contributed by atoms with E-state index in [-0.39, 0.29) is 17.5 Å². The molecule has 1 atom stereocenters. The summed E-state index contributed by atoms with van der Waals surface area (Å²) in [6.07, 6.45) is 7.92. The maximum atomic E-state index is 13.1. The van der Waals surface area contributed by atoms with Gasteiger partial charge in [0, 0.05) is 38.1 Å². The molecule has 1 amide bonds. The van der Waals surface area contributed by atoms with Crippen LogP contribution in [0.1, 0.15) is 48.4 Å². The summed E-state index contributed by atoms with van der Waals surface area (Å²) in [5.41, 5.74) is 5.00. The number of nitrogens with zero attached hydrogens (tertiary/aromatic N) is 8. The van der Waals surface area contributed by atoms with Crippen LogP contribution in [0.3, 0.4) is 0 Å². The Morgan fingerprint density at radius 2 is 1.97 bits per heavy atom. The lowest BCUT2D eigenvalue weighted by atomic mass is 9.96. The monoisotopic (exact) mass is 500 g/mol. The van der Waals surface area contributed by atoms with Gasteiger partial charge in [0.05, 0.1) is 35.4 Å². The molecule has 0 fully saturated rings. The summed E-state index contributed by atoms with van der Waals surface area (Å²) in [7, 11) is 3.93. The first-order valence-electron chi connectivity index (χ1n) is 12.3. The Hall–Kier alpha value is -4.12. The van der Waals surface area contributed by atoms with Gasteiger partial charge in [0.2, 0.25) is 5.95 Å². The van der Waals surface area contributed by atoms with Crippen molar-refractivity contribution in [2.24, 2.45) is 7.05 Å². The van der Waals surface area contributed by atoms with Crippen molar-refractivity contribution >= 4 is 17.5 Å². The number of likely N-dealkylation sites (N-methyl/N-ethyl adjacent to an activating group) is 1. The fourth-order valence-electron chi connectivity index (χ4n) is 4.38. The molecule has 1 aliphatic heterocycles. The molecule has 0 saturated heterocycles. The molecule has 11 heteroatoms. The molecular weight excluding hydrogens is 468 g/mol. The Morgan fingerprint density at radius 3 is 2.70 bits per heavy atom. The van der Waals surface area contributed by atoms with Crippen LogP contribution < -0.4 is 10.6 Å². The van der Waals surface area contributed by atoms with Crippen molar-refractivity contribution in [3.8, 4) is 11.3 Å². The number of hydrogen-bond donors (Lipinski definition) is 2. The highest BCUT2D eigenvalue weighted by atomic mass is 16.2. The van der Waals surface area contributed by atoms with Crippen molar-refractivity contribution < 1.29 is 4.79 Å². The van der Waals surface area contributed by atoms with Gasteiger partial charge in [0.1, 0.15) is 0 Å². The van der Waals surface area contributed by atoms with E-state index in [9.17, 15) is 4.79 Å². The summed E-state index contributed by atoms with van der Waals surface area (Å²) in [6, 6.07) is 8.04. The van der Waals surface area contributed by atoms with Crippen LogP contribution in [0.25, 0.3) is 11.3 Å². The molecule has 5 rings (SSSR count). The Balaban J connectivity index is 1.39. The largest absolute Gasteiger partial charge is 0.342 e. The number of carbonyl (C=O) groups excluding carboxylic acids is 1. The zero-order chi connectivity index (χ0) is 26.2. The number of nitrogens with one attached hydrogen (secondary N) is 2. The normalized spacial score (nSPS) is 16.2. The summed E-state index contributed by atoms with van der Waals surface area (Å²) in [6.45, 7) is 7.66. The number of aromatic nitrogens is 7. The van der Waals surface area contributed by atoms with Gasteiger partial charge in [-0.25, -0.2) is 14.6 Å². The van der Waals surface area contributed by atoms with E-state index in [0.29, 0.717) is 18.2 Å². The van der Waals surface area contributed by atoms with Gasteiger partial charge in [-0.1, -0.05) is 17.3 Å². The third-order valence-electron chi connectivity index (χ3n) is 6.41. The predicted molar refractivity (Wildman–Crippen MR) is 140 cm³/mol. The predicted octanol–water partition coefficient (Wildman–Crippen LogP) is 2.93. The first kappa shape index (κ1) is 24.6. The quantitative estimate of drug-likeness (QED) is 0.429. The first-order chi connectivity index (χ1) is 17.7. The highest BCUT2D eigenvalue weighted by molar-refractivity contribution is 5.92. The van der Waals surface area contributed by atoms with Crippen LogP contribution in [0, 0.1) is 0 Å². The van der Waals surface area contributed by atoms with Gasteiger partial charge in [-0.3, -0.25) is 9.48 Å². The molecule has 1 aromatic carbocycles. The summed E-state index contributed by atoms with van der Waals surface area (Å²) in [5.74, 6) is 0.279. The topological polar surface area (TPSA) is 119 Å². The Morgan fingerprint density at radius 1 is 1.14 bits per heavy atom. The molecule has 3 aromatic heterocycles. The second kappa shape index (κ2) is 9.74. The van der Waals surface area contributed by atoms with Crippen LogP contribution >= 0.6 is 0 Å². The molecule has 4 heterocycles. The zero-order valence-corrected chi connectivity index (χ0v) is 21.8. The lowest BCUT2D eigenvalue weighted by Gasteiger charge is -2.22. The number of amides is 1. The van der Waals surface area contributed by atoms with E-state index >= 15 is 0 Å². The average molecular weight is 501 g/mol. The average Bonchev–Trinajstić information content (AvgIpc) is 3.48. The maximum absolute atomic E-state index is 13.1. The van der Waals surface area contributed by atoms with Gasteiger partial charge in [0.25, 0.3) is 5.91 Å². The van der Waals surface area contributed by atoms with E-state index in [1.165, 1.54) is 5.56 Å². The number of carbonyl (C=O) groups is 1. The van der Waals surface area contributed by atoms with Crippen LogP contribution in [0.4, 0.5) is 11.6 Å².